The lowest BCUT2D eigenvalue weighted by Gasteiger charge is -2.52. The monoisotopic (exact) mass is 357 g/mol. The van der Waals surface area contributed by atoms with Crippen molar-refractivity contribution in [3.63, 3.8) is 0 Å². The molecular weight excluding hydrogens is 330 g/mol. The van der Waals surface area contributed by atoms with E-state index in [9.17, 15) is 0 Å². The molecule has 0 radical (unpaired) electrons. The highest BCUT2D eigenvalue weighted by Gasteiger charge is 2.41. The minimum Gasteiger partial charge on any atom is -0.367 e. The quantitative estimate of drug-likeness (QED) is 0.763. The van der Waals surface area contributed by atoms with Gasteiger partial charge in [0, 0.05) is 41.4 Å². The number of halogens is 1. The van der Waals surface area contributed by atoms with Gasteiger partial charge in [0.25, 0.3) is 0 Å². The maximum atomic E-state index is 6.17. The van der Waals surface area contributed by atoms with Crippen LogP contribution in [-0.4, -0.2) is 42.1 Å². The molecule has 3 fully saturated rings. The number of aromatic nitrogens is 1. The SMILES string of the molecule is CCN(CC)CC1CC2CCC1N(c1ccnc3cc(Cl)ccc13)C2. The van der Waals surface area contributed by atoms with Crippen LogP contribution in [0.1, 0.15) is 33.1 Å². The Morgan fingerprint density at radius 1 is 1.20 bits per heavy atom. The molecule has 2 aromatic rings. The summed E-state index contributed by atoms with van der Waals surface area (Å²) < 4.78 is 0. The van der Waals surface area contributed by atoms with Gasteiger partial charge in [0.15, 0.2) is 0 Å². The summed E-state index contributed by atoms with van der Waals surface area (Å²) in [7, 11) is 0. The van der Waals surface area contributed by atoms with E-state index in [0.717, 1.165) is 35.5 Å². The maximum Gasteiger partial charge on any atom is 0.0737 e. The van der Waals surface area contributed by atoms with E-state index >= 15 is 0 Å². The number of fused-ring (bicyclic) bond motifs is 4. The third-order valence-electron chi connectivity index (χ3n) is 6.28. The summed E-state index contributed by atoms with van der Waals surface area (Å²) >= 11 is 6.17. The summed E-state index contributed by atoms with van der Waals surface area (Å²) in [6.45, 7) is 9.30. The second kappa shape index (κ2) is 7.13. The smallest absolute Gasteiger partial charge is 0.0737 e. The first-order chi connectivity index (χ1) is 12.2. The third-order valence-corrected chi connectivity index (χ3v) is 6.52. The molecule has 25 heavy (non-hydrogen) atoms. The first-order valence-electron chi connectivity index (χ1n) is 9.72. The summed E-state index contributed by atoms with van der Waals surface area (Å²) in [6.07, 6.45) is 6.06. The van der Waals surface area contributed by atoms with Crippen molar-refractivity contribution in [1.82, 2.24) is 9.88 Å². The van der Waals surface area contributed by atoms with Crippen LogP contribution in [0, 0.1) is 11.8 Å². The topological polar surface area (TPSA) is 19.4 Å². The Morgan fingerprint density at radius 3 is 2.80 bits per heavy atom. The van der Waals surface area contributed by atoms with Crippen LogP contribution in [0.2, 0.25) is 5.02 Å². The molecule has 3 aliphatic rings. The first-order valence-corrected chi connectivity index (χ1v) is 10.1. The highest BCUT2D eigenvalue weighted by atomic mass is 35.5. The van der Waals surface area contributed by atoms with Crippen LogP contribution in [0.4, 0.5) is 5.69 Å². The zero-order valence-electron chi connectivity index (χ0n) is 15.3. The Labute approximate surface area is 156 Å². The number of rotatable bonds is 5. The van der Waals surface area contributed by atoms with Crippen molar-refractivity contribution in [1.29, 1.82) is 0 Å². The minimum absolute atomic E-state index is 0.659. The Balaban J connectivity index is 1.66. The van der Waals surface area contributed by atoms with Crippen molar-refractivity contribution in [2.24, 2.45) is 11.8 Å². The highest BCUT2D eigenvalue weighted by molar-refractivity contribution is 6.31. The van der Waals surface area contributed by atoms with Gasteiger partial charge in [-0.05, 0) is 68.5 Å². The molecule has 5 rings (SSSR count). The second-order valence-corrected chi connectivity index (χ2v) is 8.07. The number of benzene rings is 1. The molecule has 2 saturated heterocycles. The van der Waals surface area contributed by atoms with Crippen molar-refractivity contribution in [3.05, 3.63) is 35.5 Å². The standard InChI is InChI=1S/C21H28ClN3/c1-3-24(4-2)14-16-11-15-5-8-20(16)25(13-15)21-9-10-23-19-12-17(22)6-7-18(19)21/h6-7,9-10,12,15-16,20H,3-5,8,11,13-14H2,1-2H3. The van der Waals surface area contributed by atoms with Gasteiger partial charge in [0.05, 0.1) is 5.52 Å². The van der Waals surface area contributed by atoms with Crippen LogP contribution in [0.5, 0.6) is 0 Å². The van der Waals surface area contributed by atoms with Crippen LogP contribution in [-0.2, 0) is 0 Å². The minimum atomic E-state index is 0.659. The molecule has 3 heterocycles. The van der Waals surface area contributed by atoms with Gasteiger partial charge in [-0.2, -0.15) is 0 Å². The van der Waals surface area contributed by atoms with E-state index in [1.165, 1.54) is 43.4 Å². The van der Waals surface area contributed by atoms with Crippen molar-refractivity contribution < 1.29 is 0 Å². The fourth-order valence-electron chi connectivity index (χ4n) is 4.98. The molecule has 3 unspecified atom stereocenters. The molecule has 4 heteroatoms. The van der Waals surface area contributed by atoms with Gasteiger partial charge in [-0.25, -0.2) is 0 Å². The lowest BCUT2D eigenvalue weighted by atomic mass is 9.72. The predicted octanol–water partition coefficient (Wildman–Crippen LogP) is 4.83. The van der Waals surface area contributed by atoms with E-state index in [2.05, 4.69) is 40.8 Å². The normalized spacial score (nSPS) is 25.9. The summed E-state index contributed by atoms with van der Waals surface area (Å²) in [5.41, 5.74) is 2.35. The Bertz CT molecular complexity index is 743. The molecule has 2 aliphatic heterocycles. The van der Waals surface area contributed by atoms with Crippen LogP contribution in [0.15, 0.2) is 30.5 Å². The van der Waals surface area contributed by atoms with Crippen LogP contribution < -0.4 is 4.90 Å². The molecule has 134 valence electrons. The lowest BCUT2D eigenvalue weighted by Crippen LogP contribution is -2.56. The van der Waals surface area contributed by atoms with Gasteiger partial charge >= 0.3 is 0 Å². The zero-order chi connectivity index (χ0) is 17.4. The largest absolute Gasteiger partial charge is 0.367 e. The third kappa shape index (κ3) is 3.24. The van der Waals surface area contributed by atoms with Gasteiger partial charge in [-0.1, -0.05) is 25.4 Å². The maximum absolute atomic E-state index is 6.17. The molecule has 0 spiro atoms. The van der Waals surface area contributed by atoms with Crippen LogP contribution in [0.25, 0.3) is 10.9 Å². The van der Waals surface area contributed by atoms with E-state index in [-0.39, 0.29) is 0 Å². The van der Waals surface area contributed by atoms with Crippen molar-refractivity contribution in [2.45, 2.75) is 39.2 Å². The van der Waals surface area contributed by atoms with Crippen molar-refractivity contribution >= 4 is 28.2 Å². The van der Waals surface area contributed by atoms with Gasteiger partial charge in [-0.3, -0.25) is 4.98 Å². The Morgan fingerprint density at radius 2 is 2.04 bits per heavy atom. The predicted molar refractivity (Wildman–Crippen MR) is 107 cm³/mol. The fourth-order valence-corrected chi connectivity index (χ4v) is 5.14. The number of hydrogen-bond donors (Lipinski definition) is 0. The average molecular weight is 358 g/mol. The van der Waals surface area contributed by atoms with Crippen molar-refractivity contribution in [2.75, 3.05) is 31.1 Å². The highest BCUT2D eigenvalue weighted by Crippen LogP contribution is 2.43. The van der Waals surface area contributed by atoms with Crippen LogP contribution in [0.3, 0.4) is 0 Å². The fraction of sp³-hybridized carbons (Fsp3) is 0.571. The summed E-state index contributed by atoms with van der Waals surface area (Å²) in [5.74, 6) is 1.61. The van der Waals surface area contributed by atoms with E-state index in [0.29, 0.717) is 6.04 Å². The van der Waals surface area contributed by atoms with Gasteiger partial charge in [0.1, 0.15) is 0 Å². The molecule has 1 aromatic heterocycles. The first kappa shape index (κ1) is 17.1. The molecule has 0 N–H and O–H groups in total. The molecule has 0 amide bonds. The average Bonchev–Trinajstić information content (AvgIpc) is 2.65. The molecule has 3 atom stereocenters. The number of hydrogen-bond acceptors (Lipinski definition) is 3. The molecule has 2 bridgehead atoms. The summed E-state index contributed by atoms with van der Waals surface area (Å²) in [5, 5.41) is 2.00. The molecule has 1 aromatic carbocycles. The van der Waals surface area contributed by atoms with E-state index < -0.39 is 0 Å². The molecule has 3 nitrogen and oxygen atoms in total. The van der Waals surface area contributed by atoms with Gasteiger partial charge in [0.2, 0.25) is 0 Å². The number of pyridine rings is 1. The number of nitrogens with zero attached hydrogens (tertiary/aromatic N) is 3. The summed E-state index contributed by atoms with van der Waals surface area (Å²) in [6, 6.07) is 8.97. The van der Waals surface area contributed by atoms with Crippen molar-refractivity contribution in [3.8, 4) is 0 Å². The second-order valence-electron chi connectivity index (χ2n) is 7.64. The Kier molecular flexibility index (Phi) is 4.88. The molecule has 1 aliphatic carbocycles. The summed E-state index contributed by atoms with van der Waals surface area (Å²) in [4.78, 5) is 9.81. The lowest BCUT2D eigenvalue weighted by molar-refractivity contribution is 0.126. The molecular formula is C21H28ClN3. The zero-order valence-corrected chi connectivity index (χ0v) is 16.0. The Hall–Kier alpha value is -1.32. The molecule has 1 saturated carbocycles. The van der Waals surface area contributed by atoms with E-state index in [1.54, 1.807) is 0 Å². The van der Waals surface area contributed by atoms with E-state index in [4.69, 9.17) is 11.6 Å². The van der Waals surface area contributed by atoms with E-state index in [1.807, 2.05) is 18.3 Å². The van der Waals surface area contributed by atoms with Gasteiger partial charge < -0.3 is 9.80 Å². The number of anilines is 1. The van der Waals surface area contributed by atoms with Gasteiger partial charge in [-0.15, -0.1) is 0 Å². The van der Waals surface area contributed by atoms with Crippen LogP contribution >= 0.6 is 11.6 Å². The number of piperidine rings is 2.